The largest absolute Gasteiger partial charge is 0.507 e. The SMILES string of the molecule is CC(C)(C)c1cccc(C=Nc2ccccc2)c1O.Cl.Cl.[Ti]. The van der Waals surface area contributed by atoms with Crippen LogP contribution in [-0.4, -0.2) is 11.3 Å². The summed E-state index contributed by atoms with van der Waals surface area (Å²) in [4.78, 5) is 4.38. The summed E-state index contributed by atoms with van der Waals surface area (Å²) in [6.07, 6.45) is 1.71. The molecule has 5 heteroatoms. The van der Waals surface area contributed by atoms with E-state index in [0.29, 0.717) is 5.75 Å². The molecule has 0 atom stereocenters. The second-order valence-corrected chi connectivity index (χ2v) is 5.59. The van der Waals surface area contributed by atoms with Crippen molar-refractivity contribution < 1.29 is 26.8 Å². The van der Waals surface area contributed by atoms with E-state index in [1.807, 2.05) is 48.5 Å². The Morgan fingerprint density at radius 2 is 1.50 bits per heavy atom. The van der Waals surface area contributed by atoms with Crippen LogP contribution in [0.3, 0.4) is 0 Å². The van der Waals surface area contributed by atoms with E-state index < -0.39 is 0 Å². The van der Waals surface area contributed by atoms with Gasteiger partial charge in [-0.3, -0.25) is 4.99 Å². The summed E-state index contributed by atoms with van der Waals surface area (Å²) in [5.74, 6) is 0.315. The summed E-state index contributed by atoms with van der Waals surface area (Å²) in [7, 11) is 0. The first-order chi connectivity index (χ1) is 8.98. The van der Waals surface area contributed by atoms with Crippen LogP contribution in [0.15, 0.2) is 53.5 Å². The first-order valence-corrected chi connectivity index (χ1v) is 6.40. The zero-order valence-corrected chi connectivity index (χ0v) is 16.1. The molecule has 2 aromatic carbocycles. The summed E-state index contributed by atoms with van der Waals surface area (Å²) in [6, 6.07) is 15.5. The predicted molar refractivity (Wildman–Crippen MR) is 95.0 cm³/mol. The first-order valence-electron chi connectivity index (χ1n) is 6.40. The molecule has 0 unspecified atom stereocenters. The van der Waals surface area contributed by atoms with Crippen LogP contribution in [0.1, 0.15) is 31.9 Å². The van der Waals surface area contributed by atoms with E-state index in [9.17, 15) is 5.11 Å². The van der Waals surface area contributed by atoms with Crippen molar-refractivity contribution in [2.75, 3.05) is 0 Å². The molecule has 0 fully saturated rings. The number of phenolic OH excluding ortho intramolecular Hbond substituents is 1. The third-order valence-corrected chi connectivity index (χ3v) is 2.98. The third kappa shape index (κ3) is 6.14. The number of hydrogen-bond donors (Lipinski definition) is 1. The van der Waals surface area contributed by atoms with Crippen molar-refractivity contribution >= 4 is 36.7 Å². The molecule has 2 nitrogen and oxygen atoms in total. The molecule has 0 saturated heterocycles. The molecule has 1 N–H and O–H groups in total. The van der Waals surface area contributed by atoms with Crippen LogP contribution >= 0.6 is 24.8 Å². The summed E-state index contributed by atoms with van der Waals surface area (Å²) in [5, 5.41) is 10.3. The molecule has 2 rings (SSSR count). The van der Waals surface area contributed by atoms with Gasteiger partial charge in [0.2, 0.25) is 0 Å². The topological polar surface area (TPSA) is 32.6 Å². The molecule has 118 valence electrons. The van der Waals surface area contributed by atoms with Crippen molar-refractivity contribution in [3.05, 3.63) is 59.7 Å². The number of phenols is 1. The number of benzene rings is 2. The summed E-state index contributed by atoms with van der Waals surface area (Å²) in [6.45, 7) is 6.25. The van der Waals surface area contributed by atoms with Gasteiger partial charge in [0.1, 0.15) is 5.75 Å². The fourth-order valence-corrected chi connectivity index (χ4v) is 1.93. The van der Waals surface area contributed by atoms with Gasteiger partial charge in [0, 0.05) is 33.5 Å². The monoisotopic (exact) mass is 373 g/mol. The number of hydrogen-bond acceptors (Lipinski definition) is 2. The molecule has 0 aliphatic heterocycles. The number of aliphatic imine (C=N–C) groups is 1. The Kier molecular flexibility index (Phi) is 10.7. The van der Waals surface area contributed by atoms with E-state index in [2.05, 4.69) is 25.8 Å². The van der Waals surface area contributed by atoms with Gasteiger partial charge in [-0.25, -0.2) is 0 Å². The van der Waals surface area contributed by atoms with Crippen molar-refractivity contribution in [3.63, 3.8) is 0 Å². The van der Waals surface area contributed by atoms with Gasteiger partial charge in [-0.15, -0.1) is 24.8 Å². The molecule has 0 radical (unpaired) electrons. The van der Waals surface area contributed by atoms with Crippen LogP contribution in [0.2, 0.25) is 0 Å². The first kappa shape index (κ1) is 23.5. The van der Waals surface area contributed by atoms with Gasteiger partial charge in [-0.05, 0) is 29.2 Å². The van der Waals surface area contributed by atoms with Crippen LogP contribution in [0.5, 0.6) is 5.75 Å². The van der Waals surface area contributed by atoms with Gasteiger partial charge in [-0.1, -0.05) is 51.1 Å². The molecule has 0 aliphatic carbocycles. The minimum absolute atomic E-state index is 0. The molecule has 2 aromatic rings. The predicted octanol–water partition coefficient (Wildman–Crippen LogP) is 5.28. The summed E-state index contributed by atoms with van der Waals surface area (Å²) >= 11 is 0. The van der Waals surface area contributed by atoms with E-state index in [1.165, 1.54) is 0 Å². The minimum Gasteiger partial charge on any atom is -0.507 e. The van der Waals surface area contributed by atoms with Gasteiger partial charge in [0.15, 0.2) is 0 Å². The normalized spacial score (nSPS) is 10.3. The Balaban J connectivity index is 0. The molecule has 0 heterocycles. The third-order valence-electron chi connectivity index (χ3n) is 2.98. The van der Waals surface area contributed by atoms with Gasteiger partial charge < -0.3 is 5.11 Å². The molecule has 0 spiro atoms. The zero-order valence-electron chi connectivity index (χ0n) is 12.9. The minimum atomic E-state index is -0.0827. The van der Waals surface area contributed by atoms with E-state index in [1.54, 1.807) is 6.21 Å². The second kappa shape index (κ2) is 10.1. The Morgan fingerprint density at radius 1 is 0.909 bits per heavy atom. The smallest absolute Gasteiger partial charge is 0.128 e. The number of halogens is 2. The van der Waals surface area contributed by atoms with Crippen LogP contribution in [0.25, 0.3) is 0 Å². The van der Waals surface area contributed by atoms with Gasteiger partial charge >= 0.3 is 0 Å². The van der Waals surface area contributed by atoms with E-state index >= 15 is 0 Å². The molecular formula is C17H21Cl2NOTi. The maximum Gasteiger partial charge on any atom is 0.128 e. The Hall–Kier alpha value is -0.796. The standard InChI is InChI=1S/C17H19NO.2ClH.Ti/c1-17(2,3)15-11-7-8-13(16(15)19)12-18-14-9-5-4-6-10-14;;;/h4-12,19H,1-3H3;2*1H;. The Morgan fingerprint density at radius 3 is 2.05 bits per heavy atom. The maximum atomic E-state index is 10.3. The van der Waals surface area contributed by atoms with Crippen molar-refractivity contribution in [1.29, 1.82) is 0 Å². The molecule has 0 aliphatic rings. The molecule has 0 aromatic heterocycles. The number of rotatable bonds is 2. The fourth-order valence-electron chi connectivity index (χ4n) is 1.93. The number of nitrogens with zero attached hydrogens (tertiary/aromatic N) is 1. The fraction of sp³-hybridized carbons (Fsp3) is 0.235. The van der Waals surface area contributed by atoms with E-state index in [-0.39, 0.29) is 51.9 Å². The van der Waals surface area contributed by atoms with Crippen LogP contribution in [0.4, 0.5) is 5.69 Å². The Labute approximate surface area is 159 Å². The van der Waals surface area contributed by atoms with Crippen molar-refractivity contribution in [2.45, 2.75) is 26.2 Å². The van der Waals surface area contributed by atoms with Gasteiger partial charge in [0.05, 0.1) is 5.69 Å². The second-order valence-electron chi connectivity index (χ2n) is 5.59. The quantitative estimate of drug-likeness (QED) is 0.563. The van der Waals surface area contributed by atoms with Crippen LogP contribution < -0.4 is 0 Å². The maximum absolute atomic E-state index is 10.3. The molecule has 0 amide bonds. The zero-order chi connectivity index (χ0) is 13.9. The molecule has 22 heavy (non-hydrogen) atoms. The number of aromatic hydroxyl groups is 1. The number of para-hydroxylation sites is 2. The summed E-state index contributed by atoms with van der Waals surface area (Å²) < 4.78 is 0. The average molecular weight is 374 g/mol. The Bertz CT molecular complexity index is 595. The van der Waals surface area contributed by atoms with Gasteiger partial charge in [0.25, 0.3) is 0 Å². The van der Waals surface area contributed by atoms with Crippen molar-refractivity contribution in [1.82, 2.24) is 0 Å². The molecule has 0 bridgehead atoms. The van der Waals surface area contributed by atoms with Gasteiger partial charge in [-0.2, -0.15) is 0 Å². The molecular weight excluding hydrogens is 353 g/mol. The van der Waals surface area contributed by atoms with Crippen LogP contribution in [0, 0.1) is 0 Å². The van der Waals surface area contributed by atoms with E-state index in [4.69, 9.17) is 0 Å². The van der Waals surface area contributed by atoms with Crippen molar-refractivity contribution in [3.8, 4) is 5.75 Å². The van der Waals surface area contributed by atoms with Crippen LogP contribution in [-0.2, 0) is 27.1 Å². The average Bonchev–Trinajstić information content (AvgIpc) is 2.37. The summed E-state index contributed by atoms with van der Waals surface area (Å²) in [5.41, 5.74) is 2.48. The van der Waals surface area contributed by atoms with Crippen molar-refractivity contribution in [2.24, 2.45) is 4.99 Å². The van der Waals surface area contributed by atoms with E-state index in [0.717, 1.165) is 16.8 Å². The molecule has 0 saturated carbocycles.